The van der Waals surface area contributed by atoms with Crippen molar-refractivity contribution in [2.45, 2.75) is 57.2 Å². The predicted octanol–water partition coefficient (Wildman–Crippen LogP) is 3.58. The van der Waals surface area contributed by atoms with Crippen LogP contribution in [0, 0.1) is 0 Å². The quantitative estimate of drug-likeness (QED) is 0.621. The highest BCUT2D eigenvalue weighted by Crippen LogP contribution is 2.19. The van der Waals surface area contributed by atoms with Crippen molar-refractivity contribution in [3.8, 4) is 0 Å². The molecule has 0 aromatic heterocycles. The molecule has 30 heavy (non-hydrogen) atoms. The topological polar surface area (TPSA) is 87.7 Å². The number of ether oxygens (including phenoxy) is 1. The molecule has 3 rings (SSSR count). The van der Waals surface area contributed by atoms with Crippen LogP contribution in [0.3, 0.4) is 0 Å². The summed E-state index contributed by atoms with van der Waals surface area (Å²) in [5.41, 5.74) is 2.26. The highest BCUT2D eigenvalue weighted by atomic mass is 16.5. The highest BCUT2D eigenvalue weighted by molar-refractivity contribution is 5.95. The number of aliphatic hydroxyl groups excluding tert-OH is 1. The zero-order valence-corrected chi connectivity index (χ0v) is 17.2. The molecular formula is C24H30N2O4. The lowest BCUT2D eigenvalue weighted by molar-refractivity contribution is 0.0926. The molecule has 2 aromatic carbocycles. The van der Waals surface area contributed by atoms with Crippen LogP contribution in [0.4, 0.5) is 4.79 Å². The van der Waals surface area contributed by atoms with Crippen molar-refractivity contribution < 1.29 is 19.4 Å². The Morgan fingerprint density at radius 3 is 2.43 bits per heavy atom. The summed E-state index contributed by atoms with van der Waals surface area (Å²) in [4.78, 5) is 24.9. The van der Waals surface area contributed by atoms with E-state index in [0.717, 1.165) is 36.8 Å². The second-order valence-corrected chi connectivity index (χ2v) is 7.76. The number of nitrogens with one attached hydrogen (secondary N) is 2. The molecular weight excluding hydrogens is 380 g/mol. The van der Waals surface area contributed by atoms with Crippen LogP contribution in [-0.4, -0.2) is 35.8 Å². The molecule has 160 valence electrons. The molecule has 6 nitrogen and oxygen atoms in total. The largest absolute Gasteiger partial charge is 0.445 e. The fraction of sp³-hybridized carbons (Fsp3) is 0.417. The first-order chi connectivity index (χ1) is 14.7. The summed E-state index contributed by atoms with van der Waals surface area (Å²) in [6.07, 6.45) is 5.30. The van der Waals surface area contributed by atoms with E-state index >= 15 is 0 Å². The number of benzene rings is 2. The molecule has 3 N–H and O–H groups in total. The molecule has 1 aliphatic rings. The van der Waals surface area contributed by atoms with E-state index in [1.165, 1.54) is 6.42 Å². The smallest absolute Gasteiger partial charge is 0.407 e. The normalized spacial score (nSPS) is 15.2. The van der Waals surface area contributed by atoms with Crippen LogP contribution in [0.15, 0.2) is 54.6 Å². The molecule has 6 heteroatoms. The maximum absolute atomic E-state index is 12.8. The summed E-state index contributed by atoms with van der Waals surface area (Å²) < 4.78 is 5.24. The minimum atomic E-state index is -0.595. The van der Waals surface area contributed by atoms with Crippen LogP contribution in [0.2, 0.25) is 0 Å². The monoisotopic (exact) mass is 410 g/mol. The standard InChI is InChI=1S/C24H30N2O4/c27-16-21(26-24(29)30-17-18-9-3-1-4-10-18)15-19-11-7-8-14-22(19)23(28)25-20-12-5-2-6-13-20/h1,3-4,7-11,14,20-21,27H,2,5-6,12-13,15-17H2,(H,25,28)(H,26,29)/t21-/m1/s1. The number of hydrogen-bond donors (Lipinski definition) is 3. The molecule has 1 atom stereocenters. The Bertz CT molecular complexity index is 819. The number of rotatable bonds is 8. The molecule has 0 saturated heterocycles. The summed E-state index contributed by atoms with van der Waals surface area (Å²) in [6, 6.07) is 16.4. The molecule has 2 aromatic rings. The first kappa shape index (κ1) is 21.8. The molecule has 2 amide bonds. The Hall–Kier alpha value is -2.86. The molecule has 1 saturated carbocycles. The maximum Gasteiger partial charge on any atom is 0.407 e. The van der Waals surface area contributed by atoms with E-state index in [9.17, 15) is 14.7 Å². The van der Waals surface area contributed by atoms with Crippen LogP contribution in [0.1, 0.15) is 53.6 Å². The van der Waals surface area contributed by atoms with Crippen molar-refractivity contribution >= 4 is 12.0 Å². The summed E-state index contributed by atoms with van der Waals surface area (Å²) >= 11 is 0. The van der Waals surface area contributed by atoms with E-state index in [2.05, 4.69) is 10.6 Å². The molecule has 0 heterocycles. The Morgan fingerprint density at radius 1 is 1.00 bits per heavy atom. The fourth-order valence-corrected chi connectivity index (χ4v) is 3.79. The molecule has 0 bridgehead atoms. The van der Waals surface area contributed by atoms with E-state index < -0.39 is 12.1 Å². The maximum atomic E-state index is 12.8. The van der Waals surface area contributed by atoms with Crippen LogP contribution < -0.4 is 10.6 Å². The summed E-state index contributed by atoms with van der Waals surface area (Å²) in [5, 5.41) is 15.6. The van der Waals surface area contributed by atoms with Gasteiger partial charge in [-0.15, -0.1) is 0 Å². The van der Waals surface area contributed by atoms with Crippen LogP contribution in [0.25, 0.3) is 0 Å². The zero-order valence-electron chi connectivity index (χ0n) is 17.2. The van der Waals surface area contributed by atoms with E-state index in [1.54, 1.807) is 6.07 Å². The van der Waals surface area contributed by atoms with Gasteiger partial charge in [-0.2, -0.15) is 0 Å². The predicted molar refractivity (Wildman–Crippen MR) is 115 cm³/mol. The van der Waals surface area contributed by atoms with Gasteiger partial charge in [-0.1, -0.05) is 67.8 Å². The van der Waals surface area contributed by atoms with Gasteiger partial charge in [-0.25, -0.2) is 4.79 Å². The van der Waals surface area contributed by atoms with Crippen LogP contribution in [0.5, 0.6) is 0 Å². The Labute approximate surface area is 177 Å². The van der Waals surface area contributed by atoms with Gasteiger partial charge in [0.25, 0.3) is 5.91 Å². The number of aliphatic hydroxyl groups is 1. The minimum absolute atomic E-state index is 0.0964. The third kappa shape index (κ3) is 6.59. The van der Waals surface area contributed by atoms with Crippen molar-refractivity contribution in [2.24, 2.45) is 0 Å². The molecule has 0 radical (unpaired) electrons. The number of amides is 2. The van der Waals surface area contributed by atoms with E-state index in [1.807, 2.05) is 48.5 Å². The Balaban J connectivity index is 1.56. The number of hydrogen-bond acceptors (Lipinski definition) is 4. The number of alkyl carbamates (subject to hydrolysis) is 1. The summed E-state index contributed by atoms with van der Waals surface area (Å²) in [6.45, 7) is -0.0930. The van der Waals surface area contributed by atoms with E-state index in [4.69, 9.17) is 4.74 Å². The van der Waals surface area contributed by atoms with Gasteiger partial charge < -0.3 is 20.5 Å². The van der Waals surface area contributed by atoms with Crippen molar-refractivity contribution in [3.63, 3.8) is 0 Å². The third-order valence-electron chi connectivity index (χ3n) is 5.42. The van der Waals surface area contributed by atoms with Crippen molar-refractivity contribution in [3.05, 3.63) is 71.3 Å². The van der Waals surface area contributed by atoms with Gasteiger partial charge in [0.1, 0.15) is 6.61 Å². The second-order valence-electron chi connectivity index (χ2n) is 7.76. The van der Waals surface area contributed by atoms with Gasteiger partial charge >= 0.3 is 6.09 Å². The molecule has 1 fully saturated rings. The van der Waals surface area contributed by atoms with E-state index in [-0.39, 0.29) is 25.2 Å². The molecule has 1 aliphatic carbocycles. The number of carbonyl (C=O) groups is 2. The van der Waals surface area contributed by atoms with Crippen molar-refractivity contribution in [1.29, 1.82) is 0 Å². The first-order valence-corrected chi connectivity index (χ1v) is 10.6. The average molecular weight is 411 g/mol. The SMILES string of the molecule is O=C(N[C@@H](CO)Cc1ccccc1C(=O)NC1CCCCC1)OCc1ccccc1. The summed E-state index contributed by atoms with van der Waals surface area (Å²) in [7, 11) is 0. The highest BCUT2D eigenvalue weighted by Gasteiger charge is 2.20. The second kappa shape index (κ2) is 11.4. The Kier molecular flexibility index (Phi) is 8.27. The molecule has 0 unspecified atom stereocenters. The lowest BCUT2D eigenvalue weighted by atomic mass is 9.94. The van der Waals surface area contributed by atoms with Gasteiger partial charge in [-0.3, -0.25) is 4.79 Å². The fourth-order valence-electron chi connectivity index (χ4n) is 3.79. The van der Waals surface area contributed by atoms with E-state index in [0.29, 0.717) is 12.0 Å². The average Bonchev–Trinajstić information content (AvgIpc) is 2.79. The summed E-state index contributed by atoms with van der Waals surface area (Å²) in [5.74, 6) is -0.0964. The number of carbonyl (C=O) groups excluding carboxylic acids is 2. The van der Waals surface area contributed by atoms with Gasteiger partial charge in [0.15, 0.2) is 0 Å². The van der Waals surface area contributed by atoms with Crippen molar-refractivity contribution in [2.75, 3.05) is 6.61 Å². The zero-order chi connectivity index (χ0) is 21.2. The van der Waals surface area contributed by atoms with Crippen molar-refractivity contribution in [1.82, 2.24) is 10.6 Å². The van der Waals surface area contributed by atoms with Gasteiger partial charge in [0, 0.05) is 11.6 Å². The third-order valence-corrected chi connectivity index (χ3v) is 5.42. The lowest BCUT2D eigenvalue weighted by Crippen LogP contribution is -2.40. The molecule has 0 aliphatic heterocycles. The van der Waals surface area contributed by atoms with Crippen LogP contribution >= 0.6 is 0 Å². The molecule has 0 spiro atoms. The van der Waals surface area contributed by atoms with Gasteiger partial charge in [0.2, 0.25) is 0 Å². The first-order valence-electron chi connectivity index (χ1n) is 10.6. The lowest BCUT2D eigenvalue weighted by Gasteiger charge is -2.24. The van der Waals surface area contributed by atoms with Crippen LogP contribution in [-0.2, 0) is 17.8 Å². The minimum Gasteiger partial charge on any atom is -0.445 e. The Morgan fingerprint density at radius 2 is 1.70 bits per heavy atom. The van der Waals surface area contributed by atoms with Gasteiger partial charge in [-0.05, 0) is 36.5 Å². The van der Waals surface area contributed by atoms with Gasteiger partial charge in [0.05, 0.1) is 12.6 Å².